The first-order chi connectivity index (χ1) is 8.40. The van der Waals surface area contributed by atoms with E-state index in [4.69, 9.17) is 0 Å². The quantitative estimate of drug-likeness (QED) is 0.765. The Morgan fingerprint density at radius 2 is 1.78 bits per heavy atom. The van der Waals surface area contributed by atoms with Crippen molar-refractivity contribution in [2.75, 3.05) is 0 Å². The third-order valence-electron chi connectivity index (χ3n) is 2.49. The fourth-order valence-corrected chi connectivity index (χ4v) is 2.59. The van der Waals surface area contributed by atoms with Gasteiger partial charge in [-0.05, 0) is 19.1 Å². The van der Waals surface area contributed by atoms with E-state index in [1.165, 1.54) is 24.3 Å². The highest BCUT2D eigenvalue weighted by molar-refractivity contribution is 7.89. The van der Waals surface area contributed by atoms with Gasteiger partial charge in [0.1, 0.15) is 0 Å². The summed E-state index contributed by atoms with van der Waals surface area (Å²) in [7, 11) is -3.67. The first-order valence-electron chi connectivity index (χ1n) is 5.43. The molecule has 2 N–H and O–H groups in total. The van der Waals surface area contributed by atoms with E-state index < -0.39 is 22.2 Å². The predicted octanol–water partition coefficient (Wildman–Crippen LogP) is 1.37. The van der Waals surface area contributed by atoms with Crippen molar-refractivity contribution in [1.82, 2.24) is 4.72 Å². The number of benzene rings is 1. The maximum absolute atomic E-state index is 12.0. The van der Waals surface area contributed by atoms with Crippen LogP contribution in [-0.4, -0.2) is 25.7 Å². The molecule has 1 rings (SSSR count). The Bertz CT molecular complexity index is 520. The lowest BCUT2D eigenvalue weighted by Crippen LogP contribution is -2.40. The molecule has 2 atom stereocenters. The zero-order valence-corrected chi connectivity index (χ0v) is 11.0. The minimum Gasteiger partial charge on any atom is -0.387 e. The summed E-state index contributed by atoms with van der Waals surface area (Å²) in [4.78, 5) is 0.149. The van der Waals surface area contributed by atoms with Crippen LogP contribution in [0.5, 0.6) is 0 Å². The van der Waals surface area contributed by atoms with Gasteiger partial charge < -0.3 is 5.11 Å². The van der Waals surface area contributed by atoms with E-state index >= 15 is 0 Å². The normalized spacial score (nSPS) is 14.8. The van der Waals surface area contributed by atoms with E-state index in [1.807, 2.05) is 6.92 Å². The molecule has 0 aromatic heterocycles. The minimum absolute atomic E-state index is 0.149. The smallest absolute Gasteiger partial charge is 0.241 e. The van der Waals surface area contributed by atoms with Crippen LogP contribution in [0.15, 0.2) is 54.5 Å². The number of aliphatic hydroxyl groups is 1. The lowest BCUT2D eigenvalue weighted by Gasteiger charge is -2.18. The first kappa shape index (κ1) is 14.6. The molecule has 18 heavy (non-hydrogen) atoms. The molecule has 0 aliphatic carbocycles. The van der Waals surface area contributed by atoms with Crippen molar-refractivity contribution < 1.29 is 13.5 Å². The summed E-state index contributed by atoms with van der Waals surface area (Å²) in [5.74, 6) is 0. The second kappa shape index (κ2) is 5.95. The van der Waals surface area contributed by atoms with Crippen molar-refractivity contribution in [2.24, 2.45) is 0 Å². The van der Waals surface area contributed by atoms with Crippen molar-refractivity contribution in [3.63, 3.8) is 0 Å². The van der Waals surface area contributed by atoms with Gasteiger partial charge >= 0.3 is 0 Å². The highest BCUT2D eigenvalue weighted by Crippen LogP contribution is 2.11. The molecule has 1 aromatic rings. The average molecular weight is 267 g/mol. The summed E-state index contributed by atoms with van der Waals surface area (Å²) in [6.45, 7) is 8.77. The number of sulfonamides is 1. The maximum Gasteiger partial charge on any atom is 0.241 e. The number of hydrogen-bond acceptors (Lipinski definition) is 3. The van der Waals surface area contributed by atoms with Crippen LogP contribution < -0.4 is 4.72 Å². The van der Waals surface area contributed by atoms with Gasteiger partial charge in [0.2, 0.25) is 10.0 Å². The standard InChI is InChI=1S/C13H17NO3S/c1-4-12(13(15)5-2)14-18(16,17)11-8-6-10(3)7-9-11/h4-9,12-15H,1-2H2,3H3. The Morgan fingerprint density at radius 1 is 1.22 bits per heavy atom. The molecule has 0 spiro atoms. The Labute approximate surface area is 108 Å². The molecule has 0 saturated carbocycles. The number of nitrogens with one attached hydrogen (secondary N) is 1. The third kappa shape index (κ3) is 3.53. The van der Waals surface area contributed by atoms with Crippen molar-refractivity contribution in [3.8, 4) is 0 Å². The monoisotopic (exact) mass is 267 g/mol. The van der Waals surface area contributed by atoms with Crippen LogP contribution in [-0.2, 0) is 10.0 Å². The van der Waals surface area contributed by atoms with E-state index in [2.05, 4.69) is 17.9 Å². The van der Waals surface area contributed by atoms with Crippen LogP contribution in [0, 0.1) is 6.92 Å². The summed E-state index contributed by atoms with van der Waals surface area (Å²) < 4.78 is 26.4. The van der Waals surface area contributed by atoms with Gasteiger partial charge in [-0.3, -0.25) is 0 Å². The summed E-state index contributed by atoms with van der Waals surface area (Å²) >= 11 is 0. The predicted molar refractivity (Wildman–Crippen MR) is 71.7 cm³/mol. The van der Waals surface area contributed by atoms with Crippen LogP contribution in [0.25, 0.3) is 0 Å². The lowest BCUT2D eigenvalue weighted by atomic mass is 10.2. The van der Waals surface area contributed by atoms with E-state index in [0.29, 0.717) is 0 Å². The van der Waals surface area contributed by atoms with E-state index in [-0.39, 0.29) is 4.90 Å². The number of aryl methyl sites for hydroxylation is 1. The van der Waals surface area contributed by atoms with Crippen LogP contribution >= 0.6 is 0 Å². The highest BCUT2D eigenvalue weighted by Gasteiger charge is 2.21. The molecule has 4 nitrogen and oxygen atoms in total. The molecule has 5 heteroatoms. The highest BCUT2D eigenvalue weighted by atomic mass is 32.2. The van der Waals surface area contributed by atoms with Crippen LogP contribution in [0.1, 0.15) is 5.56 Å². The Kier molecular flexibility index (Phi) is 4.84. The van der Waals surface area contributed by atoms with Crippen molar-refractivity contribution in [2.45, 2.75) is 24.0 Å². The van der Waals surface area contributed by atoms with Crippen LogP contribution in [0.2, 0.25) is 0 Å². The third-order valence-corrected chi connectivity index (χ3v) is 3.96. The number of hydrogen-bond donors (Lipinski definition) is 2. The first-order valence-corrected chi connectivity index (χ1v) is 6.91. The molecular formula is C13H17NO3S. The zero-order chi connectivity index (χ0) is 13.8. The van der Waals surface area contributed by atoms with Crippen molar-refractivity contribution >= 4 is 10.0 Å². The van der Waals surface area contributed by atoms with E-state index in [0.717, 1.165) is 5.56 Å². The van der Waals surface area contributed by atoms with Gasteiger partial charge in [0.05, 0.1) is 17.0 Å². The van der Waals surface area contributed by atoms with Crippen molar-refractivity contribution in [3.05, 3.63) is 55.1 Å². The van der Waals surface area contributed by atoms with Gasteiger partial charge in [-0.15, -0.1) is 13.2 Å². The van der Waals surface area contributed by atoms with E-state index in [9.17, 15) is 13.5 Å². The Morgan fingerprint density at radius 3 is 2.22 bits per heavy atom. The molecular weight excluding hydrogens is 250 g/mol. The van der Waals surface area contributed by atoms with Crippen molar-refractivity contribution in [1.29, 1.82) is 0 Å². The molecule has 0 fully saturated rings. The summed E-state index contributed by atoms with van der Waals surface area (Å²) in [6.07, 6.45) is 1.57. The van der Waals surface area contributed by atoms with Gasteiger partial charge in [0.15, 0.2) is 0 Å². The molecule has 1 aromatic carbocycles. The molecule has 0 radical (unpaired) electrons. The second-order valence-corrected chi connectivity index (χ2v) is 5.64. The minimum atomic E-state index is -3.67. The summed E-state index contributed by atoms with van der Waals surface area (Å²) in [5.41, 5.74) is 0.973. The molecule has 2 unspecified atom stereocenters. The number of aliphatic hydroxyl groups excluding tert-OH is 1. The van der Waals surface area contributed by atoms with Crippen LogP contribution in [0.3, 0.4) is 0 Å². The molecule has 0 bridgehead atoms. The molecule has 0 saturated heterocycles. The fourth-order valence-electron chi connectivity index (χ4n) is 1.37. The Balaban J connectivity index is 2.97. The van der Waals surface area contributed by atoms with Gasteiger partial charge in [-0.1, -0.05) is 29.8 Å². The number of rotatable bonds is 6. The van der Waals surface area contributed by atoms with Gasteiger partial charge in [0.25, 0.3) is 0 Å². The molecule has 98 valence electrons. The summed E-state index contributed by atoms with van der Waals surface area (Å²) in [5, 5.41) is 9.56. The average Bonchev–Trinajstić information content (AvgIpc) is 2.35. The molecule has 0 heterocycles. The van der Waals surface area contributed by atoms with E-state index in [1.54, 1.807) is 12.1 Å². The zero-order valence-electron chi connectivity index (χ0n) is 10.2. The molecule has 0 aliphatic rings. The van der Waals surface area contributed by atoms with Gasteiger partial charge in [0, 0.05) is 0 Å². The second-order valence-electron chi connectivity index (χ2n) is 3.92. The topological polar surface area (TPSA) is 66.4 Å². The van der Waals surface area contributed by atoms with Crippen LogP contribution in [0.4, 0.5) is 0 Å². The SMILES string of the molecule is C=CC(O)C(C=C)NS(=O)(=O)c1ccc(C)cc1. The lowest BCUT2D eigenvalue weighted by molar-refractivity contribution is 0.202. The largest absolute Gasteiger partial charge is 0.387 e. The van der Waals surface area contributed by atoms with Gasteiger partial charge in [-0.2, -0.15) is 0 Å². The fraction of sp³-hybridized carbons (Fsp3) is 0.231. The summed E-state index contributed by atoms with van der Waals surface area (Å²) in [6, 6.07) is 5.65. The van der Waals surface area contributed by atoms with Gasteiger partial charge in [-0.25, -0.2) is 13.1 Å². The molecule has 0 amide bonds. The molecule has 0 aliphatic heterocycles. The maximum atomic E-state index is 12.0. The Hall–Kier alpha value is -1.43.